The van der Waals surface area contributed by atoms with Crippen molar-refractivity contribution in [2.45, 2.75) is 0 Å². The van der Waals surface area contributed by atoms with E-state index in [-0.39, 0.29) is 24.8 Å². The summed E-state index contributed by atoms with van der Waals surface area (Å²) in [7, 11) is 0. The zero-order valence-electron chi connectivity index (χ0n) is 6.18. The van der Waals surface area contributed by atoms with Crippen molar-refractivity contribution in [2.24, 2.45) is 0 Å². The average molecular weight is 206 g/mol. The maximum Gasteiger partial charge on any atom is 0.138 e. The van der Waals surface area contributed by atoms with Crippen molar-refractivity contribution in [1.82, 2.24) is 9.38 Å². The van der Waals surface area contributed by atoms with Gasteiger partial charge in [-0.3, -0.25) is 0 Å². The van der Waals surface area contributed by atoms with Gasteiger partial charge in [0.15, 0.2) is 0 Å². The predicted octanol–water partition coefficient (Wildman–Crippen LogP) is 1.76. The van der Waals surface area contributed by atoms with Crippen LogP contribution in [0, 0.1) is 0 Å². The van der Waals surface area contributed by atoms with Gasteiger partial charge in [-0.05, 0) is 6.07 Å². The van der Waals surface area contributed by atoms with Crippen molar-refractivity contribution in [2.75, 3.05) is 5.73 Å². The second-order valence-electron chi connectivity index (χ2n) is 2.15. The Kier molecular flexibility index (Phi) is 3.86. The third-order valence-electron chi connectivity index (χ3n) is 1.42. The molecule has 3 nitrogen and oxygen atoms in total. The van der Waals surface area contributed by atoms with Crippen LogP contribution in [0.4, 0.5) is 5.69 Å². The number of nitrogens with two attached hydrogens (primary N) is 1. The minimum absolute atomic E-state index is 0. The molecule has 0 fully saturated rings. The Balaban J connectivity index is 0.000000605. The molecule has 2 heterocycles. The van der Waals surface area contributed by atoms with E-state index in [2.05, 4.69) is 4.98 Å². The quantitative estimate of drug-likeness (QED) is 0.713. The first-order valence-electron chi connectivity index (χ1n) is 3.04. The summed E-state index contributed by atoms with van der Waals surface area (Å²) >= 11 is 0. The second-order valence-corrected chi connectivity index (χ2v) is 2.15. The molecule has 0 aromatic carbocycles. The first-order chi connectivity index (χ1) is 4.86. The Morgan fingerprint density at radius 1 is 1.25 bits per heavy atom. The summed E-state index contributed by atoms with van der Waals surface area (Å²) in [5.74, 6) is 0. The van der Waals surface area contributed by atoms with Crippen LogP contribution < -0.4 is 5.73 Å². The van der Waals surface area contributed by atoms with Crippen LogP contribution in [-0.4, -0.2) is 9.38 Å². The Morgan fingerprint density at radius 3 is 2.75 bits per heavy atom. The van der Waals surface area contributed by atoms with E-state index in [0.29, 0.717) is 0 Å². The van der Waals surface area contributed by atoms with Gasteiger partial charge in [-0.2, -0.15) is 0 Å². The molecule has 0 amide bonds. The summed E-state index contributed by atoms with van der Waals surface area (Å²) in [4.78, 5) is 4.06. The van der Waals surface area contributed by atoms with E-state index < -0.39 is 0 Å². The maximum atomic E-state index is 5.53. The largest absolute Gasteiger partial charge is 0.399 e. The first-order valence-corrected chi connectivity index (χ1v) is 3.04. The Hall–Kier alpha value is -0.930. The normalized spacial score (nSPS) is 8.67. The lowest BCUT2D eigenvalue weighted by Gasteiger charge is -1.92. The van der Waals surface area contributed by atoms with E-state index in [1.807, 2.05) is 28.9 Å². The number of fused-ring (bicyclic) bond motifs is 1. The molecule has 2 aromatic heterocycles. The van der Waals surface area contributed by atoms with Crippen molar-refractivity contribution in [3.8, 4) is 0 Å². The SMILES string of the molecule is Cl.Cl.Nc1ccn2ccnc2c1. The fourth-order valence-corrected chi connectivity index (χ4v) is 0.926. The maximum absolute atomic E-state index is 5.53. The Labute approximate surface area is 82.4 Å². The molecule has 0 saturated carbocycles. The summed E-state index contributed by atoms with van der Waals surface area (Å²) in [6, 6.07) is 3.68. The van der Waals surface area contributed by atoms with E-state index in [1.165, 1.54) is 0 Å². The molecular weight excluding hydrogens is 197 g/mol. The molecule has 2 aromatic rings. The van der Waals surface area contributed by atoms with E-state index >= 15 is 0 Å². The molecule has 0 aliphatic heterocycles. The van der Waals surface area contributed by atoms with Crippen molar-refractivity contribution in [3.05, 3.63) is 30.7 Å². The molecule has 0 atom stereocenters. The molecule has 2 rings (SSSR count). The highest BCUT2D eigenvalue weighted by Crippen LogP contribution is 2.05. The summed E-state index contributed by atoms with van der Waals surface area (Å²) in [5.41, 5.74) is 7.17. The summed E-state index contributed by atoms with van der Waals surface area (Å²) in [5, 5.41) is 0. The number of halogens is 2. The fraction of sp³-hybridized carbons (Fsp3) is 0. The summed E-state index contributed by atoms with van der Waals surface area (Å²) in [6.45, 7) is 0. The molecule has 5 heteroatoms. The summed E-state index contributed by atoms with van der Waals surface area (Å²) < 4.78 is 1.91. The van der Waals surface area contributed by atoms with Crippen molar-refractivity contribution < 1.29 is 0 Å². The van der Waals surface area contributed by atoms with Crippen LogP contribution in [0.1, 0.15) is 0 Å². The van der Waals surface area contributed by atoms with Crippen LogP contribution in [0.15, 0.2) is 30.7 Å². The monoisotopic (exact) mass is 205 g/mol. The van der Waals surface area contributed by atoms with E-state index in [4.69, 9.17) is 5.73 Å². The van der Waals surface area contributed by atoms with Crippen LogP contribution in [-0.2, 0) is 0 Å². The van der Waals surface area contributed by atoms with Gasteiger partial charge >= 0.3 is 0 Å². The van der Waals surface area contributed by atoms with Gasteiger partial charge in [-0.15, -0.1) is 24.8 Å². The number of hydrogen-bond donors (Lipinski definition) is 1. The van der Waals surface area contributed by atoms with E-state index in [0.717, 1.165) is 11.3 Å². The van der Waals surface area contributed by atoms with Gasteiger partial charge in [0, 0.05) is 30.3 Å². The fourth-order valence-electron chi connectivity index (χ4n) is 0.926. The van der Waals surface area contributed by atoms with E-state index in [1.54, 1.807) is 6.20 Å². The molecule has 66 valence electrons. The molecule has 0 spiro atoms. The highest BCUT2D eigenvalue weighted by atomic mass is 35.5. The molecule has 0 aliphatic carbocycles. The molecule has 2 N–H and O–H groups in total. The number of nitrogen functional groups attached to an aromatic ring is 1. The van der Waals surface area contributed by atoms with Crippen LogP contribution in [0.5, 0.6) is 0 Å². The van der Waals surface area contributed by atoms with Gasteiger partial charge in [-0.25, -0.2) is 4.98 Å². The first kappa shape index (κ1) is 11.1. The number of rotatable bonds is 0. The zero-order chi connectivity index (χ0) is 6.97. The lowest BCUT2D eigenvalue weighted by Crippen LogP contribution is -1.87. The van der Waals surface area contributed by atoms with Gasteiger partial charge in [0.2, 0.25) is 0 Å². The van der Waals surface area contributed by atoms with Gasteiger partial charge in [-0.1, -0.05) is 0 Å². The highest BCUT2D eigenvalue weighted by molar-refractivity contribution is 5.85. The van der Waals surface area contributed by atoms with Gasteiger partial charge in [0.25, 0.3) is 0 Å². The molecular formula is C7H9Cl2N3. The molecule has 0 radical (unpaired) electrons. The number of aromatic nitrogens is 2. The molecule has 0 aliphatic rings. The molecule has 0 unspecified atom stereocenters. The van der Waals surface area contributed by atoms with Gasteiger partial charge < -0.3 is 10.1 Å². The Morgan fingerprint density at radius 2 is 2.00 bits per heavy atom. The standard InChI is InChI=1S/C7H7N3.2ClH/c8-6-1-3-10-4-2-9-7(10)5-6;;/h1-5H,8H2;2*1H. The number of nitrogens with zero attached hydrogens (tertiary/aromatic N) is 2. The lowest BCUT2D eigenvalue weighted by atomic mass is 10.4. The average Bonchev–Trinajstić information content (AvgIpc) is 2.33. The van der Waals surface area contributed by atoms with Crippen LogP contribution >= 0.6 is 24.8 Å². The lowest BCUT2D eigenvalue weighted by molar-refractivity contribution is 1.19. The smallest absolute Gasteiger partial charge is 0.138 e. The predicted molar refractivity (Wildman–Crippen MR) is 54.1 cm³/mol. The number of imidazole rings is 1. The number of hydrogen-bond acceptors (Lipinski definition) is 2. The zero-order valence-corrected chi connectivity index (χ0v) is 7.81. The minimum atomic E-state index is 0. The second kappa shape index (κ2) is 4.18. The summed E-state index contributed by atoms with van der Waals surface area (Å²) in [6.07, 6.45) is 5.52. The van der Waals surface area contributed by atoms with Gasteiger partial charge in [0.1, 0.15) is 5.65 Å². The third-order valence-corrected chi connectivity index (χ3v) is 1.42. The van der Waals surface area contributed by atoms with Crippen LogP contribution in [0.25, 0.3) is 5.65 Å². The van der Waals surface area contributed by atoms with Crippen molar-refractivity contribution in [1.29, 1.82) is 0 Å². The Bertz CT molecular complexity index is 358. The topological polar surface area (TPSA) is 43.3 Å². The number of pyridine rings is 1. The van der Waals surface area contributed by atoms with Crippen LogP contribution in [0.2, 0.25) is 0 Å². The molecule has 12 heavy (non-hydrogen) atoms. The molecule has 0 bridgehead atoms. The minimum Gasteiger partial charge on any atom is -0.399 e. The van der Waals surface area contributed by atoms with Gasteiger partial charge in [0.05, 0.1) is 0 Å². The van der Waals surface area contributed by atoms with Crippen molar-refractivity contribution in [3.63, 3.8) is 0 Å². The van der Waals surface area contributed by atoms with E-state index in [9.17, 15) is 0 Å². The third kappa shape index (κ3) is 1.81. The highest BCUT2D eigenvalue weighted by Gasteiger charge is 1.90. The number of anilines is 1. The van der Waals surface area contributed by atoms with Crippen molar-refractivity contribution >= 4 is 36.1 Å². The molecule has 0 saturated heterocycles. The van der Waals surface area contributed by atoms with Crippen LogP contribution in [0.3, 0.4) is 0 Å².